The summed E-state index contributed by atoms with van der Waals surface area (Å²) in [4.78, 5) is 2.56. The Morgan fingerprint density at radius 1 is 1.12 bits per heavy atom. The third-order valence-corrected chi connectivity index (χ3v) is 6.07. The number of nitrogens with zero attached hydrogens (tertiary/aromatic N) is 1. The summed E-state index contributed by atoms with van der Waals surface area (Å²) < 4.78 is 12.4. The first-order valence-electron chi connectivity index (χ1n) is 10.0. The lowest BCUT2D eigenvalue weighted by molar-refractivity contribution is -0.186. The van der Waals surface area contributed by atoms with Crippen molar-refractivity contribution in [1.82, 2.24) is 10.2 Å². The topological polar surface area (TPSA) is 33.7 Å². The molecule has 2 saturated heterocycles. The monoisotopic (exact) mass is 344 g/mol. The van der Waals surface area contributed by atoms with E-state index in [1.54, 1.807) is 0 Å². The van der Waals surface area contributed by atoms with Crippen LogP contribution in [0.4, 0.5) is 0 Å². The van der Waals surface area contributed by atoms with E-state index in [-0.39, 0.29) is 11.9 Å². The molecule has 3 fully saturated rings. The van der Waals surface area contributed by atoms with Crippen LogP contribution in [-0.4, -0.2) is 49.1 Å². The predicted molar refractivity (Wildman–Crippen MR) is 99.3 cm³/mol. The lowest BCUT2D eigenvalue weighted by Gasteiger charge is -2.32. The maximum absolute atomic E-state index is 6.31. The smallest absolute Gasteiger partial charge is 0.168 e. The average Bonchev–Trinajstić information content (AvgIpc) is 3.18. The molecule has 3 atom stereocenters. The highest BCUT2D eigenvalue weighted by Crippen LogP contribution is 2.37. The fraction of sp³-hybridized carbons (Fsp3) is 0.714. The third kappa shape index (κ3) is 4.25. The fourth-order valence-electron chi connectivity index (χ4n) is 4.66. The van der Waals surface area contributed by atoms with Gasteiger partial charge in [0.15, 0.2) is 5.79 Å². The number of likely N-dealkylation sites (tertiary alicyclic amines) is 1. The van der Waals surface area contributed by atoms with Crippen molar-refractivity contribution in [3.8, 4) is 0 Å². The van der Waals surface area contributed by atoms with Gasteiger partial charge in [-0.25, -0.2) is 0 Å². The Morgan fingerprint density at radius 3 is 2.72 bits per heavy atom. The summed E-state index contributed by atoms with van der Waals surface area (Å²) in [5.74, 6) is 0.431. The summed E-state index contributed by atoms with van der Waals surface area (Å²) in [5.41, 5.74) is 1.40. The first-order valence-corrected chi connectivity index (χ1v) is 10.0. The Hall–Kier alpha value is -0.940. The highest BCUT2D eigenvalue weighted by molar-refractivity contribution is 5.14. The lowest BCUT2D eigenvalue weighted by Crippen LogP contribution is -2.41. The van der Waals surface area contributed by atoms with Gasteiger partial charge in [0.05, 0.1) is 12.7 Å². The molecule has 4 heteroatoms. The van der Waals surface area contributed by atoms with Crippen LogP contribution in [0.15, 0.2) is 30.3 Å². The van der Waals surface area contributed by atoms with E-state index in [0.29, 0.717) is 12.0 Å². The highest BCUT2D eigenvalue weighted by Gasteiger charge is 2.42. The minimum absolute atomic E-state index is 0.216. The maximum atomic E-state index is 6.31. The van der Waals surface area contributed by atoms with Gasteiger partial charge in [-0.1, -0.05) is 43.7 Å². The van der Waals surface area contributed by atoms with Gasteiger partial charge in [0.2, 0.25) is 0 Å². The molecule has 0 aromatic heterocycles. The molecule has 2 heterocycles. The minimum Gasteiger partial charge on any atom is -0.347 e. The van der Waals surface area contributed by atoms with E-state index in [2.05, 4.69) is 47.5 Å². The Kier molecular flexibility index (Phi) is 5.41. The van der Waals surface area contributed by atoms with Gasteiger partial charge in [-0.2, -0.15) is 0 Å². The highest BCUT2D eigenvalue weighted by atomic mass is 16.7. The van der Waals surface area contributed by atoms with Crippen LogP contribution in [0.5, 0.6) is 0 Å². The molecular formula is C21H32N2O2. The van der Waals surface area contributed by atoms with Gasteiger partial charge in [0.25, 0.3) is 0 Å². The van der Waals surface area contributed by atoms with Crippen molar-refractivity contribution in [1.29, 1.82) is 0 Å². The molecule has 1 aromatic rings. The van der Waals surface area contributed by atoms with Crippen molar-refractivity contribution in [3.05, 3.63) is 35.9 Å². The van der Waals surface area contributed by atoms with Gasteiger partial charge in [0, 0.05) is 45.1 Å². The Labute approximate surface area is 151 Å². The second-order valence-electron chi connectivity index (χ2n) is 8.19. The van der Waals surface area contributed by atoms with Gasteiger partial charge in [-0.15, -0.1) is 0 Å². The van der Waals surface area contributed by atoms with Crippen LogP contribution in [0.25, 0.3) is 0 Å². The molecule has 0 unspecified atom stereocenters. The summed E-state index contributed by atoms with van der Waals surface area (Å²) in [7, 11) is 0. The van der Waals surface area contributed by atoms with E-state index in [1.807, 2.05) is 0 Å². The number of rotatable bonds is 5. The molecule has 3 aliphatic rings. The summed E-state index contributed by atoms with van der Waals surface area (Å²) in [6.07, 6.45) is 6.19. The summed E-state index contributed by atoms with van der Waals surface area (Å²) >= 11 is 0. The molecule has 2 aliphatic heterocycles. The van der Waals surface area contributed by atoms with Crippen LogP contribution in [-0.2, 0) is 16.0 Å². The molecule has 0 bridgehead atoms. The molecular weight excluding hydrogens is 312 g/mol. The Morgan fingerprint density at radius 2 is 1.92 bits per heavy atom. The normalized spacial score (nSPS) is 32.4. The van der Waals surface area contributed by atoms with Gasteiger partial charge in [-0.3, -0.25) is 4.90 Å². The van der Waals surface area contributed by atoms with Crippen LogP contribution in [0, 0.1) is 5.92 Å². The largest absolute Gasteiger partial charge is 0.347 e. The van der Waals surface area contributed by atoms with Crippen molar-refractivity contribution in [2.75, 3.05) is 26.2 Å². The number of benzene rings is 1. The molecule has 25 heavy (non-hydrogen) atoms. The number of hydrogen-bond acceptors (Lipinski definition) is 4. The average molecular weight is 344 g/mol. The quantitative estimate of drug-likeness (QED) is 0.890. The molecule has 0 amide bonds. The van der Waals surface area contributed by atoms with Crippen LogP contribution >= 0.6 is 0 Å². The first-order chi connectivity index (χ1) is 12.2. The zero-order chi connectivity index (χ0) is 17.1. The molecule has 4 rings (SSSR count). The molecule has 1 saturated carbocycles. The lowest BCUT2D eigenvalue weighted by atomic mass is 9.94. The zero-order valence-corrected chi connectivity index (χ0v) is 15.5. The summed E-state index contributed by atoms with van der Waals surface area (Å²) in [6, 6.07) is 11.3. The molecule has 1 aromatic carbocycles. The fourth-order valence-corrected chi connectivity index (χ4v) is 4.66. The van der Waals surface area contributed by atoms with E-state index in [0.717, 1.165) is 39.1 Å². The summed E-state index contributed by atoms with van der Waals surface area (Å²) in [5, 5.41) is 3.76. The maximum Gasteiger partial charge on any atom is 0.168 e. The van der Waals surface area contributed by atoms with Crippen molar-refractivity contribution in [2.45, 2.75) is 63.5 Å². The zero-order valence-electron chi connectivity index (χ0n) is 15.5. The van der Waals surface area contributed by atoms with Crippen LogP contribution in [0.3, 0.4) is 0 Å². The molecule has 1 aliphatic carbocycles. The van der Waals surface area contributed by atoms with Crippen LogP contribution in [0.2, 0.25) is 0 Å². The first kappa shape index (κ1) is 17.5. The molecule has 138 valence electrons. The van der Waals surface area contributed by atoms with Crippen LogP contribution in [0.1, 0.15) is 44.6 Å². The standard InChI is InChI=1S/C21H32N2O2/c1-17-13-23(14-18-8-4-2-5-9-18)15-20(17)22-12-19-16-24-21(25-19)10-6-3-7-11-21/h2,4-5,8-9,17,19-20,22H,3,6-7,10-16H2,1H3/t17-,19+,20+/m1/s1. The number of hydrogen-bond donors (Lipinski definition) is 1. The SMILES string of the molecule is C[C@@H]1CN(Cc2ccccc2)C[C@@H]1NC[C@H]1COC2(CCCCC2)O1. The van der Waals surface area contributed by atoms with Crippen molar-refractivity contribution in [2.24, 2.45) is 5.92 Å². The minimum atomic E-state index is -0.245. The van der Waals surface area contributed by atoms with Crippen molar-refractivity contribution < 1.29 is 9.47 Å². The Bertz CT molecular complexity index is 544. The van der Waals surface area contributed by atoms with Gasteiger partial charge >= 0.3 is 0 Å². The number of ether oxygens (including phenoxy) is 2. The van der Waals surface area contributed by atoms with Crippen molar-refractivity contribution in [3.63, 3.8) is 0 Å². The van der Waals surface area contributed by atoms with E-state index in [1.165, 1.54) is 31.4 Å². The molecule has 0 radical (unpaired) electrons. The summed E-state index contributed by atoms with van der Waals surface area (Å²) in [6.45, 7) is 7.36. The van der Waals surface area contributed by atoms with Crippen LogP contribution < -0.4 is 5.32 Å². The van der Waals surface area contributed by atoms with E-state index < -0.39 is 0 Å². The molecule has 1 N–H and O–H groups in total. The van der Waals surface area contributed by atoms with E-state index in [9.17, 15) is 0 Å². The van der Waals surface area contributed by atoms with Gasteiger partial charge in [0.1, 0.15) is 0 Å². The molecule has 4 nitrogen and oxygen atoms in total. The number of nitrogens with one attached hydrogen (secondary N) is 1. The third-order valence-electron chi connectivity index (χ3n) is 6.07. The van der Waals surface area contributed by atoms with Crippen molar-refractivity contribution >= 4 is 0 Å². The second-order valence-corrected chi connectivity index (χ2v) is 8.19. The van der Waals surface area contributed by atoms with Gasteiger partial charge < -0.3 is 14.8 Å². The molecule has 1 spiro atoms. The van der Waals surface area contributed by atoms with E-state index in [4.69, 9.17) is 9.47 Å². The van der Waals surface area contributed by atoms with E-state index >= 15 is 0 Å². The second kappa shape index (κ2) is 7.75. The predicted octanol–water partition coefficient (Wildman–Crippen LogP) is 3.17. The Balaban J connectivity index is 1.23. The van der Waals surface area contributed by atoms with Gasteiger partial charge in [-0.05, 0) is 24.3 Å².